The molecule has 1 N–H and O–H groups in total. The molecule has 0 saturated heterocycles. The number of aryl methyl sites for hydroxylation is 1. The van der Waals surface area contributed by atoms with Crippen molar-refractivity contribution in [3.05, 3.63) is 23.4 Å². The Balaban J connectivity index is 2.89. The summed E-state index contributed by atoms with van der Waals surface area (Å²) in [5.74, 6) is 1.12. The van der Waals surface area contributed by atoms with Crippen LogP contribution >= 0.6 is 0 Å². The summed E-state index contributed by atoms with van der Waals surface area (Å²) in [6.45, 7) is 11.0. The molecule has 0 aromatic carbocycles. The number of nitrogens with zero attached hydrogens (tertiary/aromatic N) is 2. The van der Waals surface area contributed by atoms with Gasteiger partial charge in [-0.25, -0.2) is 4.98 Å². The number of rotatable bonds is 10. The van der Waals surface area contributed by atoms with Crippen LogP contribution in [-0.2, 0) is 13.0 Å². The molecule has 0 amide bonds. The van der Waals surface area contributed by atoms with Crippen LogP contribution in [0.25, 0.3) is 0 Å². The second-order valence-electron chi connectivity index (χ2n) is 6.00. The Morgan fingerprint density at radius 3 is 2.52 bits per heavy atom. The van der Waals surface area contributed by atoms with E-state index in [9.17, 15) is 0 Å². The van der Waals surface area contributed by atoms with E-state index in [1.165, 1.54) is 30.5 Å². The van der Waals surface area contributed by atoms with Crippen LogP contribution in [0.2, 0.25) is 0 Å². The second-order valence-corrected chi connectivity index (χ2v) is 6.00. The fourth-order valence-corrected chi connectivity index (χ4v) is 2.55. The zero-order valence-corrected chi connectivity index (χ0v) is 14.6. The van der Waals surface area contributed by atoms with Gasteiger partial charge in [-0.1, -0.05) is 33.6 Å². The van der Waals surface area contributed by atoms with E-state index in [-0.39, 0.29) is 0 Å². The number of hydrogen-bond donors (Lipinski definition) is 1. The average Bonchev–Trinajstić information content (AvgIpc) is 2.47. The minimum Gasteiger partial charge on any atom is -0.357 e. The van der Waals surface area contributed by atoms with Crippen molar-refractivity contribution in [1.29, 1.82) is 0 Å². The quantitative estimate of drug-likeness (QED) is 0.656. The maximum Gasteiger partial charge on any atom is 0.129 e. The monoisotopic (exact) mass is 291 g/mol. The Bertz CT molecular complexity index is 403. The lowest BCUT2D eigenvalue weighted by atomic mass is 10.1. The second kappa shape index (κ2) is 9.78. The minimum atomic E-state index is 0.538. The predicted octanol–water partition coefficient (Wildman–Crippen LogP) is 4.16. The predicted molar refractivity (Wildman–Crippen MR) is 93.0 cm³/mol. The molecule has 120 valence electrons. The molecule has 3 heteroatoms. The highest BCUT2D eigenvalue weighted by molar-refractivity contribution is 5.43. The van der Waals surface area contributed by atoms with Crippen LogP contribution in [0, 0.1) is 0 Å². The first kappa shape index (κ1) is 18.0. The summed E-state index contributed by atoms with van der Waals surface area (Å²) in [5.41, 5.74) is 2.58. The summed E-state index contributed by atoms with van der Waals surface area (Å²) in [7, 11) is 2.17. The van der Waals surface area contributed by atoms with Gasteiger partial charge in [0.05, 0.1) is 0 Å². The summed E-state index contributed by atoms with van der Waals surface area (Å²) < 4.78 is 0. The van der Waals surface area contributed by atoms with Gasteiger partial charge in [-0.15, -0.1) is 0 Å². The van der Waals surface area contributed by atoms with E-state index in [2.05, 4.69) is 57.1 Å². The third-order valence-electron chi connectivity index (χ3n) is 3.92. The normalized spacial score (nSPS) is 12.4. The molecule has 0 aliphatic rings. The molecule has 1 heterocycles. The van der Waals surface area contributed by atoms with Crippen molar-refractivity contribution < 1.29 is 0 Å². The third kappa shape index (κ3) is 6.04. The van der Waals surface area contributed by atoms with Gasteiger partial charge in [0.15, 0.2) is 0 Å². The van der Waals surface area contributed by atoms with Crippen LogP contribution in [0.1, 0.15) is 64.6 Å². The van der Waals surface area contributed by atoms with Gasteiger partial charge >= 0.3 is 0 Å². The SMILES string of the molecule is CCCNCc1cc(CCC)nc(N(C)C(C)CCC)c1. The Labute approximate surface area is 131 Å². The highest BCUT2D eigenvalue weighted by atomic mass is 15.2. The summed E-state index contributed by atoms with van der Waals surface area (Å²) in [6, 6.07) is 5.04. The van der Waals surface area contributed by atoms with E-state index in [0.717, 1.165) is 31.7 Å². The first-order chi connectivity index (χ1) is 10.1. The molecule has 0 aliphatic carbocycles. The summed E-state index contributed by atoms with van der Waals surface area (Å²) in [6.07, 6.45) is 5.80. The van der Waals surface area contributed by atoms with E-state index in [0.29, 0.717) is 6.04 Å². The average molecular weight is 291 g/mol. The Kier molecular flexibility index (Phi) is 8.36. The smallest absolute Gasteiger partial charge is 0.129 e. The van der Waals surface area contributed by atoms with Gasteiger partial charge in [0, 0.05) is 25.3 Å². The summed E-state index contributed by atoms with van der Waals surface area (Å²) in [4.78, 5) is 7.18. The van der Waals surface area contributed by atoms with Gasteiger partial charge in [-0.3, -0.25) is 0 Å². The topological polar surface area (TPSA) is 28.2 Å². The van der Waals surface area contributed by atoms with Gasteiger partial charge in [-0.05, 0) is 50.4 Å². The van der Waals surface area contributed by atoms with Gasteiger partial charge in [0.1, 0.15) is 5.82 Å². The number of hydrogen-bond acceptors (Lipinski definition) is 3. The van der Waals surface area contributed by atoms with Crippen LogP contribution in [-0.4, -0.2) is 24.6 Å². The van der Waals surface area contributed by atoms with Crippen molar-refractivity contribution in [3.8, 4) is 0 Å². The molecule has 3 nitrogen and oxygen atoms in total. The molecule has 0 spiro atoms. The lowest BCUT2D eigenvalue weighted by Crippen LogP contribution is -2.29. The van der Waals surface area contributed by atoms with E-state index >= 15 is 0 Å². The maximum atomic E-state index is 4.85. The Morgan fingerprint density at radius 1 is 1.14 bits per heavy atom. The third-order valence-corrected chi connectivity index (χ3v) is 3.92. The molecule has 0 aliphatic heterocycles. The van der Waals surface area contributed by atoms with E-state index in [1.807, 2.05) is 0 Å². The van der Waals surface area contributed by atoms with Crippen molar-refractivity contribution in [2.24, 2.45) is 0 Å². The van der Waals surface area contributed by atoms with Crippen molar-refractivity contribution in [1.82, 2.24) is 10.3 Å². The molecule has 0 saturated carbocycles. The fraction of sp³-hybridized carbons (Fsp3) is 0.722. The standard InChI is InChI=1S/C18H33N3/c1-6-9-15(4)21(5)18-13-16(14-19-11-8-3)12-17(20-18)10-7-2/h12-13,15,19H,6-11,14H2,1-5H3. The van der Waals surface area contributed by atoms with Gasteiger partial charge < -0.3 is 10.2 Å². The zero-order chi connectivity index (χ0) is 15.7. The number of aromatic nitrogens is 1. The Hall–Kier alpha value is -1.09. The van der Waals surface area contributed by atoms with Crippen molar-refractivity contribution >= 4 is 5.82 Å². The Morgan fingerprint density at radius 2 is 1.90 bits per heavy atom. The lowest BCUT2D eigenvalue weighted by molar-refractivity contribution is 0.609. The minimum absolute atomic E-state index is 0.538. The van der Waals surface area contributed by atoms with Crippen LogP contribution in [0.15, 0.2) is 12.1 Å². The molecule has 1 rings (SSSR count). The van der Waals surface area contributed by atoms with E-state index < -0.39 is 0 Å². The van der Waals surface area contributed by atoms with Crippen LogP contribution in [0.3, 0.4) is 0 Å². The first-order valence-electron chi connectivity index (χ1n) is 8.55. The molecule has 0 fully saturated rings. The molecule has 1 atom stereocenters. The van der Waals surface area contributed by atoms with Crippen LogP contribution < -0.4 is 10.2 Å². The molecular weight excluding hydrogens is 258 g/mol. The molecule has 1 aromatic heterocycles. The van der Waals surface area contributed by atoms with Crippen molar-refractivity contribution in [2.45, 2.75) is 72.4 Å². The van der Waals surface area contributed by atoms with Gasteiger partial charge in [0.2, 0.25) is 0 Å². The summed E-state index contributed by atoms with van der Waals surface area (Å²) >= 11 is 0. The van der Waals surface area contributed by atoms with Crippen LogP contribution in [0.4, 0.5) is 5.82 Å². The maximum absolute atomic E-state index is 4.85. The van der Waals surface area contributed by atoms with Crippen LogP contribution in [0.5, 0.6) is 0 Å². The number of anilines is 1. The van der Waals surface area contributed by atoms with E-state index in [4.69, 9.17) is 4.98 Å². The molecule has 1 unspecified atom stereocenters. The first-order valence-corrected chi connectivity index (χ1v) is 8.55. The fourth-order valence-electron chi connectivity index (χ4n) is 2.55. The number of pyridine rings is 1. The molecule has 21 heavy (non-hydrogen) atoms. The highest BCUT2D eigenvalue weighted by Crippen LogP contribution is 2.19. The number of nitrogens with one attached hydrogen (secondary N) is 1. The molecule has 1 aromatic rings. The lowest BCUT2D eigenvalue weighted by Gasteiger charge is -2.26. The molecule has 0 bridgehead atoms. The van der Waals surface area contributed by atoms with E-state index in [1.54, 1.807) is 0 Å². The molecular formula is C18H33N3. The van der Waals surface area contributed by atoms with Crippen molar-refractivity contribution in [3.63, 3.8) is 0 Å². The largest absolute Gasteiger partial charge is 0.357 e. The highest BCUT2D eigenvalue weighted by Gasteiger charge is 2.12. The van der Waals surface area contributed by atoms with Crippen molar-refractivity contribution in [2.75, 3.05) is 18.5 Å². The van der Waals surface area contributed by atoms with Gasteiger partial charge in [0.25, 0.3) is 0 Å². The summed E-state index contributed by atoms with van der Waals surface area (Å²) in [5, 5.41) is 3.49. The molecule has 0 radical (unpaired) electrons. The zero-order valence-electron chi connectivity index (χ0n) is 14.6. The van der Waals surface area contributed by atoms with Gasteiger partial charge in [-0.2, -0.15) is 0 Å².